The van der Waals surface area contributed by atoms with E-state index >= 15 is 0 Å². The number of sulfonamides is 1. The first-order valence-corrected chi connectivity index (χ1v) is 16.0. The molecule has 14 heteroatoms. The highest BCUT2D eigenvalue weighted by Gasteiger charge is 2.50. The first-order valence-electron chi connectivity index (χ1n) is 14.5. The molecule has 2 heterocycles. The normalized spacial score (nSPS) is 21.5. The number of carbonyl (C=O) groups is 1. The Labute approximate surface area is 262 Å². The summed E-state index contributed by atoms with van der Waals surface area (Å²) in [5.41, 5.74) is 7.52. The van der Waals surface area contributed by atoms with E-state index in [2.05, 4.69) is 45.9 Å². The van der Waals surface area contributed by atoms with Gasteiger partial charge in [0.05, 0.1) is 24.7 Å². The van der Waals surface area contributed by atoms with Gasteiger partial charge in [-0.1, -0.05) is 42.8 Å². The van der Waals surface area contributed by atoms with Crippen LogP contribution in [0, 0.1) is 16.0 Å². The molecule has 2 aliphatic rings. The number of hydrogen-bond acceptors (Lipinski definition) is 11. The summed E-state index contributed by atoms with van der Waals surface area (Å²) in [6, 6.07) is 14.6. The molecule has 1 saturated heterocycles. The Morgan fingerprint density at radius 3 is 2.69 bits per heavy atom. The van der Waals surface area contributed by atoms with Crippen LogP contribution in [0.3, 0.4) is 0 Å². The summed E-state index contributed by atoms with van der Waals surface area (Å²) in [7, 11) is -1.53. The molecule has 0 radical (unpaired) electrons. The van der Waals surface area contributed by atoms with E-state index in [1.54, 1.807) is 7.11 Å². The van der Waals surface area contributed by atoms with Crippen LogP contribution >= 0.6 is 0 Å². The molecule has 1 aromatic heterocycles. The van der Waals surface area contributed by atoms with E-state index in [9.17, 15) is 23.3 Å². The average Bonchev–Trinajstić information content (AvgIpc) is 3.60. The number of pyridine rings is 1. The van der Waals surface area contributed by atoms with Crippen LogP contribution in [0.5, 0.6) is 0 Å². The summed E-state index contributed by atoms with van der Waals surface area (Å²) in [5, 5.41) is 16.2. The second-order valence-electron chi connectivity index (χ2n) is 11.0. The Kier molecular flexibility index (Phi) is 11.4. The number of fused-ring (bicyclic) bond motifs is 2. The number of carbonyl (C=O) groups excluding carboxylic acids is 1. The van der Waals surface area contributed by atoms with Crippen LogP contribution in [0.2, 0.25) is 0 Å². The number of nitro benzene ring substituents is 1. The molecule has 5 rings (SSSR count). The highest BCUT2D eigenvalue weighted by molar-refractivity contribution is 7.89. The first-order chi connectivity index (χ1) is 21.6. The molecule has 1 unspecified atom stereocenters. The Bertz CT molecular complexity index is 1620. The van der Waals surface area contributed by atoms with Crippen LogP contribution in [-0.2, 0) is 29.3 Å². The molecule has 0 amide bonds. The fourth-order valence-corrected chi connectivity index (χ4v) is 7.81. The Hall–Kier alpha value is -3.79. The molecule has 0 spiro atoms. The van der Waals surface area contributed by atoms with E-state index < -0.39 is 44.1 Å². The fraction of sp³-hybridized carbons (Fsp3) is 0.419. The van der Waals surface area contributed by atoms with Crippen molar-refractivity contribution < 1.29 is 32.6 Å². The van der Waals surface area contributed by atoms with Gasteiger partial charge >= 0.3 is 5.97 Å². The summed E-state index contributed by atoms with van der Waals surface area (Å²) in [6.07, 6.45) is 8.10. The van der Waals surface area contributed by atoms with Crippen LogP contribution in [0.4, 0.5) is 5.69 Å². The van der Waals surface area contributed by atoms with Gasteiger partial charge in [-0.15, -0.1) is 6.58 Å². The third kappa shape index (κ3) is 7.54. The van der Waals surface area contributed by atoms with Crippen molar-refractivity contribution in [2.24, 2.45) is 11.7 Å². The molecule has 4 atom stereocenters. The molecule has 45 heavy (non-hydrogen) atoms. The fourth-order valence-electron chi connectivity index (χ4n) is 6.22. The van der Waals surface area contributed by atoms with Gasteiger partial charge in [0.15, 0.2) is 4.90 Å². The third-order valence-electron chi connectivity index (χ3n) is 8.35. The van der Waals surface area contributed by atoms with E-state index in [1.165, 1.54) is 54.8 Å². The minimum atomic E-state index is -4.24. The number of hydrogen-bond donors (Lipinski definition) is 2. The van der Waals surface area contributed by atoms with Crippen LogP contribution in [0.1, 0.15) is 37.3 Å². The number of nitro groups is 1. The number of nitrogens with two attached hydrogens (primary N) is 1. The molecule has 1 aliphatic carbocycles. The van der Waals surface area contributed by atoms with Gasteiger partial charge in [0.25, 0.3) is 5.69 Å². The highest BCUT2D eigenvalue weighted by Crippen LogP contribution is 2.48. The lowest BCUT2D eigenvalue weighted by Crippen LogP contribution is -2.46. The van der Waals surface area contributed by atoms with Gasteiger partial charge in [0, 0.05) is 42.3 Å². The molecular weight excluding hydrogens is 602 g/mol. The van der Waals surface area contributed by atoms with Gasteiger partial charge < -0.3 is 15.8 Å². The van der Waals surface area contributed by atoms with Gasteiger partial charge in [-0.05, 0) is 48.9 Å². The zero-order valence-electron chi connectivity index (χ0n) is 25.3. The van der Waals surface area contributed by atoms with Crippen molar-refractivity contribution in [3.63, 3.8) is 0 Å². The van der Waals surface area contributed by atoms with Crippen LogP contribution in [0.25, 0.3) is 10.9 Å². The third-order valence-corrected chi connectivity index (χ3v) is 10.2. The molecule has 0 bridgehead atoms. The number of para-hydroxylation sites is 2. The van der Waals surface area contributed by atoms with Crippen molar-refractivity contribution in [2.75, 3.05) is 33.9 Å². The van der Waals surface area contributed by atoms with Crippen LogP contribution in [0.15, 0.2) is 78.3 Å². The van der Waals surface area contributed by atoms with Crippen molar-refractivity contribution in [2.45, 2.75) is 48.2 Å². The lowest BCUT2D eigenvalue weighted by molar-refractivity contribution is -0.387. The number of esters is 1. The maximum Gasteiger partial charge on any atom is 0.324 e. The van der Waals surface area contributed by atoms with Crippen molar-refractivity contribution in [1.29, 1.82) is 0 Å². The van der Waals surface area contributed by atoms with Gasteiger partial charge in [0.2, 0.25) is 10.0 Å². The molecule has 1 aliphatic heterocycles. The van der Waals surface area contributed by atoms with Gasteiger partial charge in [-0.3, -0.25) is 19.9 Å². The minimum Gasteiger partial charge on any atom is -0.468 e. The lowest BCUT2D eigenvalue weighted by Gasteiger charge is -2.29. The highest BCUT2D eigenvalue weighted by atomic mass is 32.2. The molecule has 1 saturated carbocycles. The first kappa shape index (κ1) is 34.1. The number of methoxy groups -OCH3 is 1. The molecule has 2 aromatic carbocycles. The maximum absolute atomic E-state index is 12.7. The average molecular weight is 642 g/mol. The summed E-state index contributed by atoms with van der Waals surface area (Å²) in [5.74, 6) is -0.128. The van der Waals surface area contributed by atoms with E-state index in [0.29, 0.717) is 18.6 Å². The number of ether oxygens (including phenoxy) is 1. The number of nitrogens with zero attached hydrogens (tertiary/aromatic N) is 3. The van der Waals surface area contributed by atoms with Crippen molar-refractivity contribution in [3.05, 3.63) is 89.1 Å². The monoisotopic (exact) mass is 641 g/mol. The molecule has 3 N–H and O–H groups in total. The van der Waals surface area contributed by atoms with E-state index in [-0.39, 0.29) is 12.1 Å². The van der Waals surface area contributed by atoms with Crippen molar-refractivity contribution in [3.8, 4) is 0 Å². The summed E-state index contributed by atoms with van der Waals surface area (Å²) in [6.45, 7) is 3.51. The molecular formula is C31H39N5O8S. The lowest BCUT2D eigenvalue weighted by atomic mass is 9.89. The zero-order chi connectivity index (χ0) is 32.6. The van der Waals surface area contributed by atoms with Gasteiger partial charge in [-0.2, -0.15) is 4.31 Å². The standard InChI is InChI=1S/C18H22N2O2.C13H17N3O6S/c1-21-22-12-18-9-4-5-13(18)11-17(20-18)15-8-10-19-16-7-3-2-6-14(15)16;1-3-8-15(9-10(14)13(17)22-2)23(20,21)12-7-5-4-6-11(12)16(18)19/h2-3,6-8,10,13,17,20H,4-5,9,11-12H2,1H3;3-7,10H,1,8-9,14H2,2H3/t13-,17+,18+;/m0./s1. The molecule has 13 nitrogen and oxygen atoms in total. The Balaban J connectivity index is 0.000000205. The smallest absolute Gasteiger partial charge is 0.324 e. The largest absolute Gasteiger partial charge is 0.468 e. The van der Waals surface area contributed by atoms with E-state index in [1.807, 2.05) is 12.3 Å². The summed E-state index contributed by atoms with van der Waals surface area (Å²) >= 11 is 0. The number of benzene rings is 2. The van der Waals surface area contributed by atoms with Crippen LogP contribution < -0.4 is 11.1 Å². The van der Waals surface area contributed by atoms with Gasteiger partial charge in [-0.25, -0.2) is 18.2 Å². The summed E-state index contributed by atoms with van der Waals surface area (Å²) < 4.78 is 30.6. The SMILES string of the molecule is C=CCN(CC(N)C(=O)OC)S(=O)(=O)c1ccccc1[N+](=O)[O-].COOC[C@]12CCC[C@H]1C[C@H](c1ccnc3ccccc13)N2. The van der Waals surface area contributed by atoms with Crippen LogP contribution in [-0.4, -0.2) is 74.1 Å². The van der Waals surface area contributed by atoms with E-state index in [4.69, 9.17) is 15.5 Å². The molecule has 3 aromatic rings. The van der Waals surface area contributed by atoms with E-state index in [0.717, 1.165) is 29.1 Å². The molecule has 242 valence electrons. The second-order valence-corrected chi connectivity index (χ2v) is 12.9. The quantitative estimate of drug-likeness (QED) is 0.0970. The maximum atomic E-state index is 12.7. The Morgan fingerprint density at radius 1 is 1.24 bits per heavy atom. The predicted octanol–water partition coefficient (Wildman–Crippen LogP) is 3.66. The second kappa shape index (κ2) is 15.0. The summed E-state index contributed by atoms with van der Waals surface area (Å²) in [4.78, 5) is 35.8. The number of rotatable bonds is 12. The number of nitrogens with one attached hydrogen (secondary N) is 1. The number of aromatic nitrogens is 1. The molecule has 2 fully saturated rings. The van der Waals surface area contributed by atoms with Gasteiger partial charge in [0.1, 0.15) is 12.6 Å². The Morgan fingerprint density at radius 2 is 1.98 bits per heavy atom. The zero-order valence-corrected chi connectivity index (χ0v) is 26.1. The van der Waals surface area contributed by atoms with Crippen molar-refractivity contribution >= 4 is 32.6 Å². The predicted molar refractivity (Wildman–Crippen MR) is 167 cm³/mol. The topological polar surface area (TPSA) is 176 Å². The van der Waals surface area contributed by atoms with Crippen molar-refractivity contribution in [1.82, 2.24) is 14.6 Å². The minimum absolute atomic E-state index is 0.0745.